The highest BCUT2D eigenvalue weighted by atomic mass is 32.2. The molecule has 1 heterocycles. The molecular weight excluding hydrogens is 172 g/mol. The van der Waals surface area contributed by atoms with Gasteiger partial charge in [0.15, 0.2) is 5.78 Å². The van der Waals surface area contributed by atoms with E-state index in [0.29, 0.717) is 11.1 Å². The van der Waals surface area contributed by atoms with Crippen molar-refractivity contribution in [1.29, 1.82) is 0 Å². The first-order valence-corrected chi connectivity index (χ1v) is 4.57. The van der Waals surface area contributed by atoms with Crippen LogP contribution in [0.3, 0.4) is 0 Å². The Kier molecular flexibility index (Phi) is 1.73. The van der Waals surface area contributed by atoms with E-state index < -0.39 is 0 Å². The quantitative estimate of drug-likeness (QED) is 0.607. The van der Waals surface area contributed by atoms with Crippen LogP contribution in [0.25, 0.3) is 0 Å². The lowest BCUT2D eigenvalue weighted by atomic mass is 10.1. The van der Waals surface area contributed by atoms with Crippen LogP contribution in [-0.2, 0) is 0 Å². The van der Waals surface area contributed by atoms with Gasteiger partial charge in [-0.05, 0) is 6.07 Å². The molecule has 3 heteroatoms. The molecule has 0 radical (unpaired) electrons. The summed E-state index contributed by atoms with van der Waals surface area (Å²) in [4.78, 5) is 22.5. The zero-order chi connectivity index (χ0) is 8.55. The molecule has 2 nitrogen and oxygen atoms in total. The van der Waals surface area contributed by atoms with E-state index in [1.807, 2.05) is 0 Å². The first-order valence-electron chi connectivity index (χ1n) is 3.58. The maximum absolute atomic E-state index is 11.3. The topological polar surface area (TPSA) is 34.1 Å². The predicted molar refractivity (Wildman–Crippen MR) is 47.6 cm³/mol. The number of hydrogen-bond acceptors (Lipinski definition) is 3. The summed E-state index contributed by atoms with van der Waals surface area (Å²) in [6, 6.07) is 6.95. The van der Waals surface area contributed by atoms with Gasteiger partial charge in [0.05, 0.1) is 5.75 Å². The number of thioether (sulfide) groups is 1. The van der Waals surface area contributed by atoms with Crippen LogP contribution < -0.4 is 0 Å². The van der Waals surface area contributed by atoms with Crippen molar-refractivity contribution in [3.8, 4) is 0 Å². The Bertz CT molecular complexity index is 322. The number of Topliss-reactive ketones (excluding diaryl/α,β-unsaturated/α-hetero) is 1. The van der Waals surface area contributed by atoms with Crippen LogP contribution in [0.15, 0.2) is 24.3 Å². The molecule has 0 aliphatic carbocycles. The average Bonchev–Trinajstić information content (AvgIpc) is 2.12. The van der Waals surface area contributed by atoms with Crippen LogP contribution in [0, 0.1) is 0 Å². The minimum atomic E-state index is 0.00481. The lowest BCUT2D eigenvalue weighted by molar-refractivity contribution is 0.0995. The van der Waals surface area contributed by atoms with Crippen molar-refractivity contribution in [2.45, 2.75) is 0 Å². The van der Waals surface area contributed by atoms with E-state index in [9.17, 15) is 9.59 Å². The summed E-state index contributed by atoms with van der Waals surface area (Å²) in [5, 5.41) is 0.00481. The van der Waals surface area contributed by atoms with E-state index in [0.717, 1.165) is 11.8 Å². The van der Waals surface area contributed by atoms with Gasteiger partial charge >= 0.3 is 0 Å². The maximum Gasteiger partial charge on any atom is 0.220 e. The summed E-state index contributed by atoms with van der Waals surface area (Å²) in [5.74, 6) is 0.339. The van der Waals surface area contributed by atoms with Crippen LogP contribution in [0.5, 0.6) is 0 Å². The van der Waals surface area contributed by atoms with Gasteiger partial charge in [0.25, 0.3) is 0 Å². The smallest absolute Gasteiger partial charge is 0.220 e. The molecule has 60 valence electrons. The molecule has 1 aliphatic rings. The highest BCUT2D eigenvalue weighted by Gasteiger charge is 2.22. The molecule has 0 saturated heterocycles. The molecule has 2 rings (SSSR count). The minimum absolute atomic E-state index is 0.00481. The second-order valence-corrected chi connectivity index (χ2v) is 3.49. The van der Waals surface area contributed by atoms with Crippen LogP contribution in [0.2, 0.25) is 0 Å². The first-order chi connectivity index (χ1) is 5.79. The third kappa shape index (κ3) is 1.06. The maximum atomic E-state index is 11.3. The molecule has 1 aromatic carbocycles. The summed E-state index contributed by atoms with van der Waals surface area (Å²) in [6.45, 7) is 0. The fraction of sp³-hybridized carbons (Fsp3) is 0.111. The summed E-state index contributed by atoms with van der Waals surface area (Å²) in [6.07, 6.45) is 0. The molecule has 0 fully saturated rings. The minimum Gasteiger partial charge on any atom is -0.293 e. The van der Waals surface area contributed by atoms with Gasteiger partial charge in [-0.25, -0.2) is 0 Å². The van der Waals surface area contributed by atoms with Gasteiger partial charge in [-0.3, -0.25) is 9.59 Å². The Morgan fingerprint density at radius 2 is 1.75 bits per heavy atom. The van der Waals surface area contributed by atoms with Gasteiger partial charge in [-0.1, -0.05) is 30.0 Å². The lowest BCUT2D eigenvalue weighted by Gasteiger charge is -2.11. The molecule has 0 aromatic heterocycles. The van der Waals surface area contributed by atoms with Crippen LogP contribution in [0.1, 0.15) is 20.7 Å². The molecule has 0 bridgehead atoms. The lowest BCUT2D eigenvalue weighted by Crippen LogP contribution is -2.15. The fourth-order valence-corrected chi connectivity index (χ4v) is 1.94. The number of fused-ring (bicyclic) bond motifs is 1. The summed E-state index contributed by atoms with van der Waals surface area (Å²) < 4.78 is 0. The van der Waals surface area contributed by atoms with Gasteiger partial charge in [-0.15, -0.1) is 0 Å². The Hall–Kier alpha value is -1.09. The van der Waals surface area contributed by atoms with E-state index in [2.05, 4.69) is 0 Å². The Morgan fingerprint density at radius 1 is 1.08 bits per heavy atom. The molecule has 0 unspecified atom stereocenters. The molecular formula is C9H6O2S. The van der Waals surface area contributed by atoms with Gasteiger partial charge in [0.2, 0.25) is 5.12 Å². The van der Waals surface area contributed by atoms with Crippen molar-refractivity contribution in [3.63, 3.8) is 0 Å². The normalized spacial score (nSPS) is 16.0. The first kappa shape index (κ1) is 7.55. The highest BCUT2D eigenvalue weighted by Crippen LogP contribution is 2.23. The molecule has 0 atom stereocenters. The van der Waals surface area contributed by atoms with Crippen LogP contribution in [0.4, 0.5) is 0 Å². The van der Waals surface area contributed by atoms with E-state index >= 15 is 0 Å². The second kappa shape index (κ2) is 2.75. The molecule has 1 aromatic rings. The van der Waals surface area contributed by atoms with Crippen molar-refractivity contribution in [2.24, 2.45) is 0 Å². The fourth-order valence-electron chi connectivity index (χ4n) is 1.19. The summed E-state index contributed by atoms with van der Waals surface area (Å²) >= 11 is 1.08. The molecule has 0 N–H and O–H groups in total. The molecule has 0 spiro atoms. The van der Waals surface area contributed by atoms with Crippen molar-refractivity contribution >= 4 is 22.7 Å². The van der Waals surface area contributed by atoms with E-state index in [4.69, 9.17) is 0 Å². The molecule has 12 heavy (non-hydrogen) atoms. The van der Waals surface area contributed by atoms with Gasteiger partial charge in [0, 0.05) is 11.1 Å². The van der Waals surface area contributed by atoms with Gasteiger partial charge < -0.3 is 0 Å². The van der Waals surface area contributed by atoms with E-state index in [1.54, 1.807) is 24.3 Å². The second-order valence-electron chi connectivity index (χ2n) is 2.54. The van der Waals surface area contributed by atoms with Crippen molar-refractivity contribution < 1.29 is 9.59 Å². The van der Waals surface area contributed by atoms with Crippen molar-refractivity contribution in [3.05, 3.63) is 35.4 Å². The Balaban J connectivity index is 2.62. The van der Waals surface area contributed by atoms with E-state index in [1.165, 1.54) is 0 Å². The Labute approximate surface area is 74.0 Å². The number of rotatable bonds is 0. The van der Waals surface area contributed by atoms with Crippen molar-refractivity contribution in [2.75, 3.05) is 5.75 Å². The molecule has 0 amide bonds. The summed E-state index contributed by atoms with van der Waals surface area (Å²) in [5.41, 5.74) is 1.13. The predicted octanol–water partition coefficient (Wildman–Crippen LogP) is 1.76. The molecule has 0 saturated carbocycles. The third-order valence-corrected chi connectivity index (χ3v) is 2.67. The zero-order valence-electron chi connectivity index (χ0n) is 6.24. The number of benzene rings is 1. The largest absolute Gasteiger partial charge is 0.293 e. The number of carbonyl (C=O) groups excluding carboxylic acids is 2. The average molecular weight is 178 g/mol. The van der Waals surface area contributed by atoms with Crippen LogP contribution >= 0.6 is 11.8 Å². The molecule has 1 aliphatic heterocycles. The van der Waals surface area contributed by atoms with Gasteiger partial charge in [0.1, 0.15) is 0 Å². The number of ketones is 1. The van der Waals surface area contributed by atoms with Crippen LogP contribution in [-0.4, -0.2) is 16.7 Å². The van der Waals surface area contributed by atoms with Gasteiger partial charge in [-0.2, -0.15) is 0 Å². The number of carbonyl (C=O) groups is 2. The third-order valence-electron chi connectivity index (χ3n) is 1.78. The van der Waals surface area contributed by atoms with E-state index in [-0.39, 0.29) is 16.7 Å². The van der Waals surface area contributed by atoms with Crippen molar-refractivity contribution in [1.82, 2.24) is 0 Å². The number of hydrogen-bond donors (Lipinski definition) is 0. The monoisotopic (exact) mass is 178 g/mol. The Morgan fingerprint density at radius 3 is 2.42 bits per heavy atom. The summed E-state index contributed by atoms with van der Waals surface area (Å²) in [7, 11) is 0. The zero-order valence-corrected chi connectivity index (χ0v) is 7.06. The SMILES string of the molecule is O=C1CSC(=O)c2ccccc21. The standard InChI is InChI=1S/C9H6O2S/c10-8-5-12-9(11)7-4-2-1-3-6(7)8/h1-4H,5H2. The highest BCUT2D eigenvalue weighted by molar-refractivity contribution is 8.14.